The number of carboxylic acids is 1. The van der Waals surface area contributed by atoms with Crippen LogP contribution in [-0.4, -0.2) is 32.7 Å². The lowest BCUT2D eigenvalue weighted by Crippen LogP contribution is -2.32. The van der Waals surface area contributed by atoms with Gasteiger partial charge in [0.05, 0.1) is 16.4 Å². The Labute approximate surface area is 109 Å². The third kappa shape index (κ3) is 3.62. The quantitative estimate of drug-likeness (QED) is 0.824. The summed E-state index contributed by atoms with van der Waals surface area (Å²) in [6.45, 7) is 4.58. The first-order valence-electron chi connectivity index (χ1n) is 5.25. The SMILES string of the molecule is CCn1nc(C)c(Cl)c1CSC[C@@H](N)C(=O)O. The molecule has 1 rings (SSSR count). The summed E-state index contributed by atoms with van der Waals surface area (Å²) in [5.74, 6) is -0.00236. The molecule has 0 aliphatic carbocycles. The minimum atomic E-state index is -0.983. The molecular weight excluding hydrogens is 262 g/mol. The molecule has 0 bridgehead atoms. The molecule has 0 saturated carbocycles. The first kappa shape index (κ1) is 14.3. The second-order valence-corrected chi connectivity index (χ2v) is 5.03. The van der Waals surface area contributed by atoms with Gasteiger partial charge in [-0.2, -0.15) is 16.9 Å². The van der Waals surface area contributed by atoms with Crippen LogP contribution in [0.15, 0.2) is 0 Å². The van der Waals surface area contributed by atoms with E-state index >= 15 is 0 Å². The van der Waals surface area contributed by atoms with Crippen molar-refractivity contribution in [1.29, 1.82) is 0 Å². The van der Waals surface area contributed by atoms with E-state index in [0.717, 1.165) is 17.9 Å². The van der Waals surface area contributed by atoms with Gasteiger partial charge in [-0.05, 0) is 13.8 Å². The van der Waals surface area contributed by atoms with Crippen LogP contribution in [0.4, 0.5) is 0 Å². The summed E-state index contributed by atoms with van der Waals surface area (Å²) in [7, 11) is 0. The fourth-order valence-corrected chi connectivity index (χ4v) is 2.64. The molecule has 1 atom stereocenters. The van der Waals surface area contributed by atoms with Crippen LogP contribution in [0.2, 0.25) is 5.02 Å². The van der Waals surface area contributed by atoms with Crippen LogP contribution in [0.25, 0.3) is 0 Å². The van der Waals surface area contributed by atoms with Crippen molar-refractivity contribution in [3.8, 4) is 0 Å². The minimum Gasteiger partial charge on any atom is -0.480 e. The maximum absolute atomic E-state index is 10.6. The number of nitrogens with two attached hydrogens (primary N) is 1. The molecule has 0 spiro atoms. The van der Waals surface area contributed by atoms with Crippen LogP contribution >= 0.6 is 23.4 Å². The lowest BCUT2D eigenvalue weighted by atomic mass is 10.4. The van der Waals surface area contributed by atoms with E-state index in [0.29, 0.717) is 16.5 Å². The number of aryl methyl sites for hydroxylation is 2. The fraction of sp³-hybridized carbons (Fsp3) is 0.600. The van der Waals surface area contributed by atoms with Crippen molar-refractivity contribution in [1.82, 2.24) is 9.78 Å². The molecule has 0 unspecified atom stereocenters. The van der Waals surface area contributed by atoms with Crippen molar-refractivity contribution >= 4 is 29.3 Å². The Morgan fingerprint density at radius 3 is 2.88 bits per heavy atom. The maximum Gasteiger partial charge on any atom is 0.321 e. The number of aromatic nitrogens is 2. The molecule has 0 amide bonds. The molecule has 0 fully saturated rings. The van der Waals surface area contributed by atoms with Gasteiger partial charge in [0.2, 0.25) is 0 Å². The second kappa shape index (κ2) is 6.28. The van der Waals surface area contributed by atoms with Crippen LogP contribution in [0.3, 0.4) is 0 Å². The average Bonchev–Trinajstić information content (AvgIpc) is 2.56. The zero-order valence-corrected chi connectivity index (χ0v) is 11.4. The van der Waals surface area contributed by atoms with Crippen molar-refractivity contribution < 1.29 is 9.90 Å². The van der Waals surface area contributed by atoms with Gasteiger partial charge in [-0.15, -0.1) is 0 Å². The highest BCUT2D eigenvalue weighted by Crippen LogP contribution is 2.24. The number of halogens is 1. The maximum atomic E-state index is 10.6. The van der Waals surface area contributed by atoms with E-state index in [1.807, 2.05) is 18.5 Å². The Morgan fingerprint density at radius 1 is 1.71 bits per heavy atom. The van der Waals surface area contributed by atoms with Crippen LogP contribution in [0.1, 0.15) is 18.3 Å². The van der Waals surface area contributed by atoms with Gasteiger partial charge < -0.3 is 10.8 Å². The van der Waals surface area contributed by atoms with Crippen molar-refractivity contribution in [3.63, 3.8) is 0 Å². The highest BCUT2D eigenvalue weighted by molar-refractivity contribution is 7.98. The largest absolute Gasteiger partial charge is 0.480 e. The number of aliphatic carboxylic acids is 1. The fourth-order valence-electron chi connectivity index (χ4n) is 1.36. The average molecular weight is 278 g/mol. The molecule has 0 aliphatic heterocycles. The van der Waals surface area contributed by atoms with Crippen LogP contribution < -0.4 is 5.73 Å². The van der Waals surface area contributed by atoms with Gasteiger partial charge in [-0.1, -0.05) is 11.6 Å². The molecule has 0 aromatic carbocycles. The van der Waals surface area contributed by atoms with E-state index in [-0.39, 0.29) is 0 Å². The summed E-state index contributed by atoms with van der Waals surface area (Å²) in [5, 5.41) is 13.6. The molecule has 3 N–H and O–H groups in total. The molecule has 1 aromatic rings. The zero-order chi connectivity index (χ0) is 13.0. The summed E-state index contributed by atoms with van der Waals surface area (Å²) >= 11 is 7.58. The van der Waals surface area contributed by atoms with E-state index in [4.69, 9.17) is 22.4 Å². The lowest BCUT2D eigenvalue weighted by Gasteiger charge is -2.07. The Bertz CT molecular complexity index is 409. The molecule has 0 radical (unpaired) electrons. The molecule has 1 aromatic heterocycles. The summed E-state index contributed by atoms with van der Waals surface area (Å²) in [5.41, 5.74) is 7.14. The van der Waals surface area contributed by atoms with E-state index in [2.05, 4.69) is 5.10 Å². The number of hydrogen-bond acceptors (Lipinski definition) is 4. The Kier molecular flexibility index (Phi) is 5.30. The molecule has 7 heteroatoms. The first-order valence-corrected chi connectivity index (χ1v) is 6.78. The third-order valence-corrected chi connectivity index (χ3v) is 3.87. The van der Waals surface area contributed by atoms with Gasteiger partial charge in [0.25, 0.3) is 0 Å². The molecule has 17 heavy (non-hydrogen) atoms. The Hall–Kier alpha value is -0.720. The summed E-state index contributed by atoms with van der Waals surface area (Å²) in [6.07, 6.45) is 0. The lowest BCUT2D eigenvalue weighted by molar-refractivity contribution is -0.137. The Morgan fingerprint density at radius 2 is 2.35 bits per heavy atom. The van der Waals surface area contributed by atoms with Gasteiger partial charge in [0.1, 0.15) is 6.04 Å². The molecular formula is C10H16ClN3O2S. The van der Waals surface area contributed by atoms with Crippen LogP contribution in [0.5, 0.6) is 0 Å². The van der Waals surface area contributed by atoms with E-state index in [1.165, 1.54) is 11.8 Å². The molecule has 1 heterocycles. The second-order valence-electron chi connectivity index (χ2n) is 3.62. The highest BCUT2D eigenvalue weighted by Gasteiger charge is 2.15. The van der Waals surface area contributed by atoms with Gasteiger partial charge in [0.15, 0.2) is 0 Å². The summed E-state index contributed by atoms with van der Waals surface area (Å²) in [4.78, 5) is 10.6. The summed E-state index contributed by atoms with van der Waals surface area (Å²) < 4.78 is 1.83. The monoisotopic (exact) mass is 277 g/mol. The number of carboxylic acid groups (broad SMARTS) is 1. The van der Waals surface area contributed by atoms with Crippen molar-refractivity contribution in [2.75, 3.05) is 5.75 Å². The number of thioether (sulfide) groups is 1. The minimum absolute atomic E-state index is 0.361. The number of nitrogens with zero attached hydrogens (tertiary/aromatic N) is 2. The molecule has 96 valence electrons. The van der Waals surface area contributed by atoms with Gasteiger partial charge in [-0.25, -0.2) is 0 Å². The van der Waals surface area contributed by atoms with Gasteiger partial charge in [-0.3, -0.25) is 9.48 Å². The van der Waals surface area contributed by atoms with Crippen LogP contribution in [0, 0.1) is 6.92 Å². The number of carbonyl (C=O) groups is 1. The predicted octanol–water partition coefficient (Wildman–Crippen LogP) is 1.51. The van der Waals surface area contributed by atoms with Gasteiger partial charge in [0, 0.05) is 18.1 Å². The number of rotatable bonds is 6. The topological polar surface area (TPSA) is 81.1 Å². The van der Waals surface area contributed by atoms with Crippen molar-refractivity contribution in [2.24, 2.45) is 5.73 Å². The smallest absolute Gasteiger partial charge is 0.321 e. The van der Waals surface area contributed by atoms with E-state index in [1.54, 1.807) is 0 Å². The Balaban J connectivity index is 2.60. The number of hydrogen-bond donors (Lipinski definition) is 2. The standard InChI is InChI=1S/C10H16ClN3O2S/c1-3-14-8(9(11)6(2)13-14)5-17-4-7(12)10(15)16/h7H,3-5,12H2,1-2H3,(H,15,16)/t7-/m1/s1. The predicted molar refractivity (Wildman–Crippen MR) is 69.4 cm³/mol. The molecule has 5 nitrogen and oxygen atoms in total. The third-order valence-electron chi connectivity index (χ3n) is 2.31. The van der Waals surface area contributed by atoms with Crippen molar-refractivity contribution in [2.45, 2.75) is 32.2 Å². The van der Waals surface area contributed by atoms with E-state index < -0.39 is 12.0 Å². The van der Waals surface area contributed by atoms with Gasteiger partial charge >= 0.3 is 5.97 Å². The van der Waals surface area contributed by atoms with Crippen molar-refractivity contribution in [3.05, 3.63) is 16.4 Å². The van der Waals surface area contributed by atoms with E-state index in [9.17, 15) is 4.79 Å². The van der Waals surface area contributed by atoms with Crippen LogP contribution in [-0.2, 0) is 17.1 Å². The molecule has 0 aliphatic rings. The highest BCUT2D eigenvalue weighted by atomic mass is 35.5. The first-order chi connectivity index (χ1) is 7.97. The molecule has 0 saturated heterocycles. The summed E-state index contributed by atoms with van der Waals surface area (Å²) in [6, 6.07) is -0.835. The normalized spacial score (nSPS) is 12.7. The zero-order valence-electron chi connectivity index (χ0n) is 9.81.